The maximum absolute atomic E-state index is 12.1. The molecule has 0 amide bonds. The van der Waals surface area contributed by atoms with Gasteiger partial charge in [0.2, 0.25) is 6.10 Å². The van der Waals surface area contributed by atoms with Gasteiger partial charge in [-0.2, -0.15) is 5.26 Å². The zero-order valence-electron chi connectivity index (χ0n) is 21.8. The highest BCUT2D eigenvalue weighted by Crippen LogP contribution is 2.39. The van der Waals surface area contributed by atoms with Crippen molar-refractivity contribution in [3.63, 3.8) is 0 Å². The molecule has 13 heteroatoms. The van der Waals surface area contributed by atoms with Gasteiger partial charge < -0.3 is 33.7 Å². The Morgan fingerprint density at radius 3 is 2.26 bits per heavy atom. The van der Waals surface area contributed by atoms with Gasteiger partial charge in [0, 0.05) is 45.3 Å². The van der Waals surface area contributed by atoms with Crippen LogP contribution in [0, 0.1) is 11.3 Å². The van der Waals surface area contributed by atoms with Crippen LogP contribution in [0.15, 0.2) is 30.2 Å². The van der Waals surface area contributed by atoms with E-state index in [-0.39, 0.29) is 13.0 Å². The smallest absolute Gasteiger partial charge is 0.303 e. The Balaban J connectivity index is 2.03. The van der Waals surface area contributed by atoms with Crippen molar-refractivity contribution in [2.24, 2.45) is 0 Å². The largest absolute Gasteiger partial charge is 0.476 e. The number of hydrogen-bond donors (Lipinski definition) is 1. The number of allylic oxidation sites excluding steroid dienone is 1. The van der Waals surface area contributed by atoms with Crippen LogP contribution in [0.25, 0.3) is 0 Å². The van der Waals surface area contributed by atoms with Crippen LogP contribution in [-0.4, -0.2) is 67.5 Å². The van der Waals surface area contributed by atoms with Gasteiger partial charge >= 0.3 is 23.9 Å². The number of hydrogen-bond acceptors (Lipinski definition) is 12. The Bertz CT molecular complexity index is 1180. The van der Waals surface area contributed by atoms with Gasteiger partial charge in [-0.05, 0) is 17.2 Å². The third-order valence-corrected chi connectivity index (χ3v) is 6.13. The van der Waals surface area contributed by atoms with Gasteiger partial charge in [0.1, 0.15) is 30.6 Å². The summed E-state index contributed by atoms with van der Waals surface area (Å²) in [6.07, 6.45) is -4.71. The summed E-state index contributed by atoms with van der Waals surface area (Å²) in [5.74, 6) is -2.27. The van der Waals surface area contributed by atoms with Gasteiger partial charge in [-0.1, -0.05) is 23.7 Å². The summed E-state index contributed by atoms with van der Waals surface area (Å²) in [5.41, 5.74) is 1.08. The van der Waals surface area contributed by atoms with Gasteiger partial charge in [-0.15, -0.1) is 0 Å². The first kappa shape index (κ1) is 29.7. The molecule has 2 aliphatic heterocycles. The highest BCUT2D eigenvalue weighted by Gasteiger charge is 2.52. The summed E-state index contributed by atoms with van der Waals surface area (Å²) in [6.45, 7) is 4.69. The normalized spacial score (nSPS) is 26.0. The van der Waals surface area contributed by atoms with Crippen molar-refractivity contribution in [2.45, 2.75) is 70.7 Å². The first-order valence-corrected chi connectivity index (χ1v) is 12.4. The maximum Gasteiger partial charge on any atom is 0.303 e. The predicted octanol–water partition coefficient (Wildman–Crippen LogP) is 2.03. The summed E-state index contributed by atoms with van der Waals surface area (Å²) in [5, 5.41) is 12.6. The molecule has 1 unspecified atom stereocenters. The topological polar surface area (TPSA) is 159 Å². The van der Waals surface area contributed by atoms with E-state index in [0.717, 1.165) is 13.8 Å². The van der Waals surface area contributed by atoms with Gasteiger partial charge in [0.05, 0.1) is 6.54 Å². The second-order valence-corrected chi connectivity index (χ2v) is 9.31. The van der Waals surface area contributed by atoms with Crippen LogP contribution >= 0.6 is 11.6 Å². The average Bonchev–Trinajstić information content (AvgIpc) is 2.86. The van der Waals surface area contributed by atoms with Crippen LogP contribution < -0.4 is 5.32 Å². The van der Waals surface area contributed by atoms with Gasteiger partial charge in [-0.25, -0.2) is 0 Å². The molecule has 6 atom stereocenters. The lowest BCUT2D eigenvalue weighted by Gasteiger charge is -2.44. The molecular weight excluding hydrogens is 536 g/mol. The van der Waals surface area contributed by atoms with Crippen molar-refractivity contribution in [2.75, 3.05) is 13.2 Å². The first-order valence-electron chi connectivity index (χ1n) is 12.1. The molecule has 0 aromatic heterocycles. The lowest BCUT2D eigenvalue weighted by molar-refractivity contribution is -0.254. The van der Waals surface area contributed by atoms with Crippen molar-refractivity contribution < 1.29 is 47.6 Å². The molecule has 210 valence electrons. The van der Waals surface area contributed by atoms with Crippen molar-refractivity contribution in [3.05, 3.63) is 46.3 Å². The van der Waals surface area contributed by atoms with Crippen LogP contribution in [-0.2, 0) is 54.0 Å². The Labute approximate surface area is 230 Å². The number of ether oxygens (including phenoxy) is 6. The molecule has 0 saturated carbocycles. The molecule has 39 heavy (non-hydrogen) atoms. The molecule has 0 aliphatic carbocycles. The van der Waals surface area contributed by atoms with Crippen molar-refractivity contribution >= 4 is 35.5 Å². The summed E-state index contributed by atoms with van der Waals surface area (Å²) in [6, 6.07) is 6.99. The van der Waals surface area contributed by atoms with Crippen LogP contribution in [0.1, 0.15) is 44.9 Å². The number of esters is 4. The van der Waals surface area contributed by atoms with E-state index in [1.54, 1.807) is 24.4 Å². The molecule has 0 spiro atoms. The fraction of sp³-hybridized carbons (Fsp3) is 0.500. The fourth-order valence-corrected chi connectivity index (χ4v) is 4.48. The summed E-state index contributed by atoms with van der Waals surface area (Å²) < 4.78 is 33.5. The number of carbonyl (C=O) groups excluding carboxylic acids is 4. The second-order valence-electron chi connectivity index (χ2n) is 8.90. The Kier molecular flexibility index (Phi) is 10.1. The molecular formula is C26H29ClN2O10. The average molecular weight is 565 g/mol. The molecule has 2 aliphatic rings. The van der Waals surface area contributed by atoms with Gasteiger partial charge in [0.25, 0.3) is 0 Å². The van der Waals surface area contributed by atoms with Crippen LogP contribution in [0.4, 0.5) is 0 Å². The molecule has 0 bridgehead atoms. The van der Waals surface area contributed by atoms with Crippen molar-refractivity contribution in [3.8, 4) is 6.07 Å². The second kappa shape index (κ2) is 13.3. The van der Waals surface area contributed by atoms with Crippen LogP contribution in [0.5, 0.6) is 0 Å². The molecule has 1 saturated heterocycles. The minimum atomic E-state index is -1.29. The summed E-state index contributed by atoms with van der Waals surface area (Å²) >= 11 is 6.46. The lowest BCUT2D eigenvalue weighted by atomic mass is 9.89. The zero-order valence-corrected chi connectivity index (χ0v) is 22.6. The van der Waals surface area contributed by atoms with Gasteiger partial charge in [0.15, 0.2) is 18.3 Å². The van der Waals surface area contributed by atoms with E-state index in [1.807, 2.05) is 6.07 Å². The van der Waals surface area contributed by atoms with E-state index >= 15 is 0 Å². The number of benzene rings is 1. The number of rotatable bonds is 8. The number of carbonyl (C=O) groups is 4. The quantitative estimate of drug-likeness (QED) is 0.362. The summed E-state index contributed by atoms with van der Waals surface area (Å²) in [4.78, 5) is 47.7. The summed E-state index contributed by atoms with van der Waals surface area (Å²) in [7, 11) is 0. The third-order valence-electron chi connectivity index (χ3n) is 5.76. The van der Waals surface area contributed by atoms with Crippen molar-refractivity contribution in [1.29, 1.82) is 5.26 Å². The van der Waals surface area contributed by atoms with E-state index in [0.29, 0.717) is 28.5 Å². The number of nitriles is 1. The number of nitrogens with one attached hydrogen (secondary N) is 1. The lowest BCUT2D eigenvalue weighted by Crippen LogP contribution is -2.59. The van der Waals surface area contributed by atoms with E-state index in [2.05, 4.69) is 5.32 Å². The number of nitrogens with zero attached hydrogens (tertiary/aromatic N) is 1. The number of halogens is 1. The third kappa shape index (κ3) is 8.08. The van der Waals surface area contributed by atoms with E-state index in [1.165, 1.54) is 13.8 Å². The van der Waals surface area contributed by atoms with E-state index in [9.17, 15) is 24.4 Å². The first-order chi connectivity index (χ1) is 18.5. The molecule has 1 fully saturated rings. The highest BCUT2D eigenvalue weighted by molar-refractivity contribution is 6.31. The van der Waals surface area contributed by atoms with E-state index in [4.69, 9.17) is 40.0 Å². The Morgan fingerprint density at radius 1 is 1.00 bits per heavy atom. The molecule has 2 heterocycles. The maximum atomic E-state index is 12.1. The molecule has 1 aromatic carbocycles. The standard InChI is InChI=1S/C26H29ClN2O10/c1-13(30)34-12-22-24(35-14(2)31)26(37-16(4)33)25(36-15(3)32)23(39-22)17-5-6-21(27)18(7-17)8-19-10-29-11-20(9-28)38-19/h5-7,10,20,22-26,29H,8,11-12H2,1-4H3/t20?,22-,23+,24-,25+,26+/m1/s1. The van der Waals surface area contributed by atoms with Gasteiger partial charge in [-0.3, -0.25) is 19.2 Å². The fourth-order valence-electron chi connectivity index (χ4n) is 4.29. The molecule has 1 aromatic rings. The minimum absolute atomic E-state index is 0.225. The molecule has 3 rings (SSSR count). The van der Waals surface area contributed by atoms with Crippen LogP contribution in [0.2, 0.25) is 5.02 Å². The molecule has 1 N–H and O–H groups in total. The predicted molar refractivity (Wildman–Crippen MR) is 133 cm³/mol. The minimum Gasteiger partial charge on any atom is -0.476 e. The molecule has 12 nitrogen and oxygen atoms in total. The van der Waals surface area contributed by atoms with Crippen LogP contribution in [0.3, 0.4) is 0 Å². The van der Waals surface area contributed by atoms with E-state index < -0.39 is 60.5 Å². The zero-order chi connectivity index (χ0) is 28.7. The SMILES string of the molecule is CC(=O)OC[C@H]1O[C@@H](c2ccc(Cl)c(CC3=CNCC(C#N)O3)c2)[C@H](OC(C)=O)[C@@H](OC(C)=O)[C@@H]1OC(C)=O. The Hall–Kier alpha value is -3.82. The Morgan fingerprint density at radius 2 is 1.64 bits per heavy atom. The monoisotopic (exact) mass is 564 g/mol. The highest BCUT2D eigenvalue weighted by atomic mass is 35.5. The van der Waals surface area contributed by atoms with Crippen molar-refractivity contribution in [1.82, 2.24) is 5.32 Å². The molecule has 0 radical (unpaired) electrons.